The van der Waals surface area contributed by atoms with Crippen LogP contribution in [0.2, 0.25) is 0 Å². The van der Waals surface area contributed by atoms with Gasteiger partial charge in [-0.25, -0.2) is 4.39 Å². The average molecular weight is 310 g/mol. The number of anilines is 1. The van der Waals surface area contributed by atoms with Gasteiger partial charge < -0.3 is 14.8 Å². The minimum Gasteiger partial charge on any atom is -0.470 e. The third kappa shape index (κ3) is 3.36. The van der Waals surface area contributed by atoms with Crippen molar-refractivity contribution < 1.29 is 23.5 Å². The van der Waals surface area contributed by atoms with E-state index in [-0.39, 0.29) is 11.4 Å². The molecular formula is C15H19FN2O4. The zero-order valence-electron chi connectivity index (χ0n) is 12.9. The molecule has 0 fully saturated rings. The van der Waals surface area contributed by atoms with Crippen LogP contribution in [0.15, 0.2) is 18.2 Å². The van der Waals surface area contributed by atoms with Gasteiger partial charge in [-0.3, -0.25) is 15.3 Å². The van der Waals surface area contributed by atoms with Crippen molar-refractivity contribution in [1.29, 1.82) is 0 Å². The zero-order valence-corrected chi connectivity index (χ0v) is 12.9. The number of nitrogens with one attached hydrogen (secondary N) is 1. The summed E-state index contributed by atoms with van der Waals surface area (Å²) in [5.74, 6) is -3.25. The number of hydrogen-bond acceptors (Lipinski definition) is 5. The lowest BCUT2D eigenvalue weighted by Crippen LogP contribution is -2.57. The van der Waals surface area contributed by atoms with Crippen LogP contribution in [-0.4, -0.2) is 23.2 Å². The molecule has 3 N–H and O–H groups in total. The largest absolute Gasteiger partial charge is 0.470 e. The Labute approximate surface area is 127 Å². The number of halogens is 1. The topological polar surface area (TPSA) is 90.7 Å². The highest BCUT2D eigenvalue weighted by Crippen LogP contribution is 2.34. The smallest absolute Gasteiger partial charge is 0.324 e. The van der Waals surface area contributed by atoms with Crippen molar-refractivity contribution in [2.45, 2.75) is 39.0 Å². The van der Waals surface area contributed by atoms with Crippen molar-refractivity contribution in [3.63, 3.8) is 0 Å². The second kappa shape index (κ2) is 5.24. The van der Waals surface area contributed by atoms with E-state index in [2.05, 4.69) is 5.32 Å². The summed E-state index contributed by atoms with van der Waals surface area (Å²) in [6.45, 7) is 6.44. The highest BCUT2D eigenvalue weighted by Gasteiger charge is 2.48. The van der Waals surface area contributed by atoms with Crippen molar-refractivity contribution in [2.75, 3.05) is 5.32 Å². The third-order valence-electron chi connectivity index (χ3n) is 3.01. The standard InChI is InChI=1S/C15H19FN2O4/c1-14(2,3)22-13(20)11-12(19)18-9-7-8(16)5-6-10(9)21-15(11,4)17/h5-7,11H,17H2,1-4H3,(H,18,19)/t11-,15+/m1/s1. The van der Waals surface area contributed by atoms with Crippen LogP contribution in [0.1, 0.15) is 27.7 Å². The van der Waals surface area contributed by atoms with Crippen molar-refractivity contribution in [3.8, 4) is 5.75 Å². The second-order valence-electron chi connectivity index (χ2n) is 6.38. The van der Waals surface area contributed by atoms with Crippen molar-refractivity contribution in [2.24, 2.45) is 11.7 Å². The van der Waals surface area contributed by atoms with Gasteiger partial charge in [0.1, 0.15) is 17.2 Å². The third-order valence-corrected chi connectivity index (χ3v) is 3.01. The normalized spacial score (nSPS) is 24.6. The zero-order chi connectivity index (χ0) is 16.7. The van der Waals surface area contributed by atoms with E-state index in [1.54, 1.807) is 20.8 Å². The maximum atomic E-state index is 13.3. The number of esters is 1. The molecule has 1 amide bonds. The fourth-order valence-corrected chi connectivity index (χ4v) is 2.15. The van der Waals surface area contributed by atoms with Gasteiger partial charge >= 0.3 is 5.97 Å². The summed E-state index contributed by atoms with van der Waals surface area (Å²) in [4.78, 5) is 24.6. The van der Waals surface area contributed by atoms with E-state index < -0.39 is 34.9 Å². The first-order valence-electron chi connectivity index (χ1n) is 6.81. The molecule has 0 spiro atoms. The van der Waals surface area contributed by atoms with Crippen LogP contribution in [0, 0.1) is 11.7 Å². The Hall–Kier alpha value is -2.15. The van der Waals surface area contributed by atoms with Crippen LogP contribution in [0.5, 0.6) is 5.75 Å². The molecule has 0 bridgehead atoms. The van der Waals surface area contributed by atoms with E-state index in [9.17, 15) is 14.0 Å². The minimum atomic E-state index is -1.63. The number of carbonyl (C=O) groups excluding carboxylic acids is 2. The van der Waals surface area contributed by atoms with Gasteiger partial charge in [0.05, 0.1) is 5.69 Å². The molecule has 1 heterocycles. The fourth-order valence-electron chi connectivity index (χ4n) is 2.15. The van der Waals surface area contributed by atoms with Crippen LogP contribution in [-0.2, 0) is 14.3 Å². The molecule has 1 aliphatic heterocycles. The Morgan fingerprint density at radius 3 is 2.68 bits per heavy atom. The number of carbonyl (C=O) groups is 2. The number of amides is 1. The molecule has 0 unspecified atom stereocenters. The van der Waals surface area contributed by atoms with Gasteiger partial charge in [-0.05, 0) is 39.8 Å². The molecule has 1 aromatic carbocycles. The molecule has 0 aliphatic carbocycles. The molecule has 2 atom stereocenters. The van der Waals surface area contributed by atoms with Crippen molar-refractivity contribution in [3.05, 3.63) is 24.0 Å². The summed E-state index contributed by atoms with van der Waals surface area (Å²) in [6.07, 6.45) is 0. The molecule has 2 rings (SSSR count). The van der Waals surface area contributed by atoms with Crippen LogP contribution < -0.4 is 15.8 Å². The Morgan fingerprint density at radius 2 is 2.09 bits per heavy atom. The molecule has 0 saturated carbocycles. The lowest BCUT2D eigenvalue weighted by molar-refractivity contribution is -0.169. The van der Waals surface area contributed by atoms with Crippen LogP contribution >= 0.6 is 0 Å². The Morgan fingerprint density at radius 1 is 1.45 bits per heavy atom. The first-order valence-corrected chi connectivity index (χ1v) is 6.81. The molecule has 7 heteroatoms. The van der Waals surface area contributed by atoms with Gasteiger partial charge in [-0.2, -0.15) is 0 Å². The summed E-state index contributed by atoms with van der Waals surface area (Å²) < 4.78 is 24.1. The van der Waals surface area contributed by atoms with E-state index in [0.717, 1.165) is 6.07 Å². The van der Waals surface area contributed by atoms with Crippen LogP contribution in [0.25, 0.3) is 0 Å². The van der Waals surface area contributed by atoms with Crippen LogP contribution in [0.3, 0.4) is 0 Å². The van der Waals surface area contributed by atoms with Gasteiger partial charge in [0.2, 0.25) is 5.91 Å². The highest BCUT2D eigenvalue weighted by molar-refractivity contribution is 6.07. The predicted octanol–water partition coefficient (Wildman–Crippen LogP) is 1.79. The first kappa shape index (κ1) is 16.2. The molecule has 6 nitrogen and oxygen atoms in total. The Kier molecular flexibility index (Phi) is 3.87. The van der Waals surface area contributed by atoms with E-state index in [4.69, 9.17) is 15.2 Å². The summed E-state index contributed by atoms with van der Waals surface area (Å²) in [7, 11) is 0. The molecule has 1 aliphatic rings. The number of hydrogen-bond donors (Lipinski definition) is 2. The average Bonchev–Trinajstić information content (AvgIpc) is 2.38. The summed E-state index contributed by atoms with van der Waals surface area (Å²) in [5, 5.41) is 2.45. The van der Waals surface area contributed by atoms with Crippen molar-refractivity contribution >= 4 is 17.6 Å². The first-order chi connectivity index (χ1) is 9.99. The summed E-state index contributed by atoms with van der Waals surface area (Å²) >= 11 is 0. The van der Waals surface area contributed by atoms with E-state index in [1.165, 1.54) is 19.1 Å². The monoisotopic (exact) mass is 310 g/mol. The van der Waals surface area contributed by atoms with E-state index in [1.807, 2.05) is 0 Å². The minimum absolute atomic E-state index is 0.118. The second-order valence-corrected chi connectivity index (χ2v) is 6.38. The maximum absolute atomic E-state index is 13.3. The van der Waals surface area contributed by atoms with Gasteiger partial charge in [0.25, 0.3) is 0 Å². The number of fused-ring (bicyclic) bond motifs is 1. The fraction of sp³-hybridized carbons (Fsp3) is 0.467. The summed E-state index contributed by atoms with van der Waals surface area (Å²) in [5.41, 5.74) is 3.72. The van der Waals surface area contributed by atoms with Gasteiger partial charge in [0.15, 0.2) is 11.6 Å². The van der Waals surface area contributed by atoms with Gasteiger partial charge in [-0.15, -0.1) is 0 Å². The number of rotatable bonds is 1. The molecular weight excluding hydrogens is 291 g/mol. The van der Waals surface area contributed by atoms with Crippen molar-refractivity contribution in [1.82, 2.24) is 0 Å². The number of nitrogens with two attached hydrogens (primary N) is 1. The predicted molar refractivity (Wildman–Crippen MR) is 77.6 cm³/mol. The molecule has 22 heavy (non-hydrogen) atoms. The molecule has 0 radical (unpaired) electrons. The van der Waals surface area contributed by atoms with Crippen LogP contribution in [0.4, 0.5) is 10.1 Å². The van der Waals surface area contributed by atoms with Gasteiger partial charge in [-0.1, -0.05) is 0 Å². The number of benzene rings is 1. The molecule has 0 aromatic heterocycles. The Balaban J connectivity index is 2.38. The summed E-state index contributed by atoms with van der Waals surface area (Å²) in [6, 6.07) is 3.61. The molecule has 120 valence electrons. The Bertz CT molecular complexity index is 622. The molecule has 1 aromatic rings. The quantitative estimate of drug-likeness (QED) is 0.609. The number of ether oxygens (including phenoxy) is 2. The SMILES string of the molecule is CC(C)(C)OC(=O)[C@H]1C(=O)Nc2cc(F)ccc2O[C@]1(C)N. The lowest BCUT2D eigenvalue weighted by Gasteiger charge is -2.31. The van der Waals surface area contributed by atoms with Gasteiger partial charge in [0, 0.05) is 6.07 Å². The van der Waals surface area contributed by atoms with E-state index >= 15 is 0 Å². The lowest BCUT2D eigenvalue weighted by atomic mass is 9.96. The maximum Gasteiger partial charge on any atom is 0.324 e. The van der Waals surface area contributed by atoms with E-state index in [0.29, 0.717) is 0 Å². The highest BCUT2D eigenvalue weighted by atomic mass is 19.1. The molecule has 0 saturated heterocycles.